The molecule has 5 aromatic rings. The second-order valence-corrected chi connectivity index (χ2v) is 30.4. The SMILES string of the molecule is CC(C)C(NC(=O)CCOCCOCCNC(=O)OCC1[C@H]2CCC#CCC[C@@H]12)C(=O)N[C@@H](C)C(=O)Nc1ccc(COC(=O)N(C)Cc2ccccc2C(=O)Nc2nc3c(ncn3[C@@H]3O[C@@H]4COP(O)(=S)O[C@H]5C[C@H](Oc6ccncn6)C[C@@H]5COP(=O)(S)O[C@@H]3[C@@H]4O)c(=O)[nH]2)cc1. The maximum Gasteiger partial charge on any atom is 0.410 e. The second kappa shape index (κ2) is 34.3. The number of hydrogen-bond donors (Lipinski definition) is 9. The Balaban J connectivity index is 0.648. The van der Waals surface area contributed by atoms with E-state index >= 15 is 0 Å². The highest BCUT2D eigenvalue weighted by Crippen LogP contribution is 2.59. The van der Waals surface area contributed by atoms with E-state index in [4.69, 9.17) is 58.3 Å². The summed E-state index contributed by atoms with van der Waals surface area (Å²) in [5.41, 5.74) is 0.228. The van der Waals surface area contributed by atoms with Gasteiger partial charge in [0.15, 0.2) is 17.4 Å². The van der Waals surface area contributed by atoms with E-state index in [1.54, 1.807) is 62.4 Å². The number of benzene rings is 2. The van der Waals surface area contributed by atoms with Crippen LogP contribution in [0.1, 0.15) is 93.4 Å². The van der Waals surface area contributed by atoms with Crippen LogP contribution >= 0.6 is 25.8 Å². The number of nitrogens with one attached hydrogen (secondary N) is 6. The number of imidazole rings is 1. The molecule has 0 spiro atoms. The summed E-state index contributed by atoms with van der Waals surface area (Å²) in [5, 5.41) is 25.0. The number of alkyl carbamates (subject to hydrolysis) is 1. The fraction of sp³-hybridized carbons (Fsp3) is 0.540. The molecule has 6 amide bonds. The Bertz CT molecular complexity index is 3890. The first-order valence-corrected chi connectivity index (χ1v) is 37.6. The van der Waals surface area contributed by atoms with Crippen molar-refractivity contribution in [1.29, 1.82) is 0 Å². The van der Waals surface area contributed by atoms with Crippen molar-refractivity contribution >= 4 is 96.2 Å². The average Bonchev–Trinajstić information content (AvgIpc) is 1.54. The summed E-state index contributed by atoms with van der Waals surface area (Å²) < 4.78 is 72.8. The number of aromatic nitrogens is 6. The van der Waals surface area contributed by atoms with Crippen molar-refractivity contribution in [3.63, 3.8) is 0 Å². The molecule has 5 aliphatic rings. The number of carbonyl (C=O) groups is 6. The number of H-pyrrole nitrogens is 1. The lowest BCUT2D eigenvalue weighted by Gasteiger charge is -2.27. The van der Waals surface area contributed by atoms with Crippen molar-refractivity contribution in [3.8, 4) is 17.7 Å². The first kappa shape index (κ1) is 74.2. The molecular weight excluding hydrogens is 1370 g/mol. The summed E-state index contributed by atoms with van der Waals surface area (Å²) in [6.07, 6.45) is -0.0370. The van der Waals surface area contributed by atoms with Gasteiger partial charge in [-0.25, -0.2) is 29.1 Å². The molecule has 36 heteroatoms. The van der Waals surface area contributed by atoms with E-state index in [1.807, 2.05) is 0 Å². The van der Waals surface area contributed by atoms with Gasteiger partial charge in [-0.05, 0) is 91.0 Å². The normalized spacial score (nSPS) is 26.3. The zero-order valence-electron chi connectivity index (χ0n) is 54.6. The predicted molar refractivity (Wildman–Crippen MR) is 360 cm³/mol. The van der Waals surface area contributed by atoms with Crippen LogP contribution in [0.5, 0.6) is 5.88 Å². The molecule has 2 bridgehead atoms. The van der Waals surface area contributed by atoms with E-state index in [0.29, 0.717) is 53.5 Å². The Labute approximate surface area is 579 Å². The van der Waals surface area contributed by atoms with E-state index in [1.165, 1.54) is 42.0 Å². The number of aliphatic hydroxyl groups excluding tert-OH is 1. The largest absolute Gasteiger partial charge is 0.474 e. The zero-order chi connectivity index (χ0) is 70.4. The quantitative estimate of drug-likeness (QED) is 0.0147. The van der Waals surface area contributed by atoms with Crippen molar-refractivity contribution in [2.45, 2.75) is 128 Å². The summed E-state index contributed by atoms with van der Waals surface area (Å²) in [6.45, 7) is -3.03. The number of amides is 6. The molecule has 32 nitrogen and oxygen atoms in total. The van der Waals surface area contributed by atoms with Gasteiger partial charge in [-0.3, -0.25) is 43.4 Å². The van der Waals surface area contributed by atoms with Crippen LogP contribution in [0.3, 0.4) is 0 Å². The van der Waals surface area contributed by atoms with Crippen LogP contribution in [0.4, 0.5) is 21.2 Å². The van der Waals surface area contributed by atoms with Gasteiger partial charge in [0.25, 0.3) is 11.5 Å². The number of ether oxygens (including phenoxy) is 6. The van der Waals surface area contributed by atoms with Crippen LogP contribution in [-0.4, -0.2) is 183 Å². The minimum Gasteiger partial charge on any atom is -0.474 e. The highest BCUT2D eigenvalue weighted by atomic mass is 32.7. The highest BCUT2D eigenvalue weighted by molar-refractivity contribution is 8.44. The second-order valence-electron chi connectivity index (χ2n) is 24.7. The molecule has 3 aliphatic carbocycles. The van der Waals surface area contributed by atoms with Gasteiger partial charge in [0, 0.05) is 75.3 Å². The van der Waals surface area contributed by atoms with Crippen LogP contribution in [0, 0.1) is 41.4 Å². The minimum absolute atomic E-state index is 0.0246. The molecule has 14 atom stereocenters. The van der Waals surface area contributed by atoms with Crippen molar-refractivity contribution < 1.29 is 89.8 Å². The Morgan fingerprint density at radius 3 is 2.37 bits per heavy atom. The summed E-state index contributed by atoms with van der Waals surface area (Å²) in [5.74, 6) is 4.78. The van der Waals surface area contributed by atoms with Gasteiger partial charge in [0.05, 0.1) is 58.7 Å². The molecule has 8 N–H and O–H groups in total. The zero-order valence-corrected chi connectivity index (χ0v) is 58.1. The first-order valence-electron chi connectivity index (χ1n) is 32.3. The van der Waals surface area contributed by atoms with Crippen molar-refractivity contribution in [2.24, 2.45) is 29.6 Å². The van der Waals surface area contributed by atoms with Gasteiger partial charge in [0.2, 0.25) is 29.5 Å². The summed E-state index contributed by atoms with van der Waals surface area (Å²) in [7, 11) is 1.47. The number of nitrogens with zero attached hydrogens (tertiary/aromatic N) is 6. The van der Waals surface area contributed by atoms with Crippen LogP contribution < -0.4 is 36.9 Å². The molecule has 4 fully saturated rings. The highest BCUT2D eigenvalue weighted by Gasteiger charge is 2.52. The fourth-order valence-corrected chi connectivity index (χ4v) is 15.0. The molecule has 2 aliphatic heterocycles. The minimum atomic E-state index is -4.37. The van der Waals surface area contributed by atoms with Gasteiger partial charge in [-0.2, -0.15) is 4.98 Å². The predicted octanol–water partition coefficient (Wildman–Crippen LogP) is 5.29. The monoisotopic (exact) mass is 1450 g/mol. The van der Waals surface area contributed by atoms with Crippen LogP contribution in [0.25, 0.3) is 11.2 Å². The van der Waals surface area contributed by atoms with Gasteiger partial charge in [-0.15, -0.1) is 11.8 Å². The third-order valence-corrected chi connectivity index (χ3v) is 20.4. The van der Waals surface area contributed by atoms with E-state index < -0.39 is 116 Å². The Kier molecular flexibility index (Phi) is 25.7. The average molecular weight is 1450 g/mol. The van der Waals surface area contributed by atoms with Gasteiger partial charge in [-0.1, -0.05) is 56.4 Å². The number of thiol groups is 1. The summed E-state index contributed by atoms with van der Waals surface area (Å²) in [6, 6.07) is 12.4. The number of hydrogen-bond acceptors (Lipinski definition) is 24. The number of anilines is 2. The van der Waals surface area contributed by atoms with E-state index in [9.17, 15) is 48.1 Å². The number of fused-ring (bicyclic) bond motifs is 5. The smallest absolute Gasteiger partial charge is 0.410 e. The third kappa shape index (κ3) is 20.6. The van der Waals surface area contributed by atoms with Gasteiger partial charge < -0.3 is 78.2 Å². The van der Waals surface area contributed by atoms with Crippen LogP contribution in [-0.2, 0) is 85.7 Å². The molecule has 10 rings (SSSR count). The number of aliphatic hydroxyl groups is 1. The Hall–Kier alpha value is -7.48. The van der Waals surface area contributed by atoms with E-state index in [0.717, 1.165) is 32.0 Å². The third-order valence-electron chi connectivity index (χ3n) is 17.2. The van der Waals surface area contributed by atoms with E-state index in [2.05, 4.69) is 75.6 Å². The molecule has 99 heavy (non-hydrogen) atoms. The fourth-order valence-electron chi connectivity index (χ4n) is 12.0. The lowest BCUT2D eigenvalue weighted by molar-refractivity contribution is -0.132. The van der Waals surface area contributed by atoms with E-state index in [-0.39, 0.29) is 94.2 Å². The van der Waals surface area contributed by atoms with Crippen LogP contribution in [0.15, 0.2) is 78.2 Å². The summed E-state index contributed by atoms with van der Waals surface area (Å²) >= 11 is 9.62. The molecule has 4 unspecified atom stereocenters. The maximum absolute atomic E-state index is 14.0. The molecule has 2 saturated heterocycles. The van der Waals surface area contributed by atoms with Crippen LogP contribution in [0.2, 0.25) is 0 Å². The molecule has 3 aromatic heterocycles. The number of aromatic amines is 1. The lowest BCUT2D eigenvalue weighted by Crippen LogP contribution is -2.53. The topological polar surface area (TPSA) is 405 Å². The Morgan fingerprint density at radius 1 is 0.889 bits per heavy atom. The molecule has 2 saturated carbocycles. The number of carbonyl (C=O) groups excluding carboxylic acids is 6. The standard InChI is InChI=1S/C63H80N12O20P2S2/c1-36(2)51(70-49(76)20-23-86-25-26-87-24-22-65-62(82)88-32-46-44-13-7-5-6-8-14-45(44)46)58(80)68-37(3)56(78)69-41-17-15-38(16-18-41)30-89-63(83)74(4)29-39-11-9-10-12-43(39)57(79)72-61-71-55-52(59(81)73-61)67-35-75(55)60-54-53(77)48(93-60)33-91-96(84,98)94-47-28-42(92-50-19-21-64-34-66-50)27-40(47)31-90-97(85,99)95-54/h9-12,15-19,21,34-37,40,42,44-48,51,53-54,60,77H,7-8,13-14,20,22-33H2,1-4H3,(H,65,82)(H,68,80)(H,69,78)(H,70,76)(H,84,98)(H,85,99)(H2,71,72,73,79,81)/t37-,40+,42+,44-,45+,46?,47-,48+,51?,53+,54+,60+,96?,97?/m0/s1. The van der Waals surface area contributed by atoms with Gasteiger partial charge in [0.1, 0.15) is 49.4 Å². The van der Waals surface area contributed by atoms with Crippen molar-refractivity contribution in [3.05, 3.63) is 100 Å². The van der Waals surface area contributed by atoms with Crippen molar-refractivity contribution in [2.75, 3.05) is 70.5 Å². The lowest BCUT2D eigenvalue weighted by atomic mass is 10.0. The molecule has 534 valence electrons. The number of rotatable bonds is 26. The molecule has 2 aromatic carbocycles. The first-order chi connectivity index (χ1) is 47.5. The molecular formula is C63H80N12O20P2S2. The maximum atomic E-state index is 14.0. The van der Waals surface area contributed by atoms with Gasteiger partial charge >= 0.3 is 25.7 Å². The molecule has 0 radical (unpaired) electrons. The Morgan fingerprint density at radius 2 is 1.64 bits per heavy atom. The molecule has 5 heterocycles. The summed E-state index contributed by atoms with van der Waals surface area (Å²) in [4.78, 5) is 124. The van der Waals surface area contributed by atoms with Crippen molar-refractivity contribution in [1.82, 2.24) is 50.3 Å².